The van der Waals surface area contributed by atoms with E-state index in [1.165, 1.54) is 0 Å². The summed E-state index contributed by atoms with van der Waals surface area (Å²) in [5, 5.41) is 9.65. The molecular formula is C20H24N2O3S. The molecule has 0 fully saturated rings. The summed E-state index contributed by atoms with van der Waals surface area (Å²) < 4.78 is 11.1. The van der Waals surface area contributed by atoms with Crippen LogP contribution < -0.4 is 15.2 Å². The molecule has 0 amide bonds. The molecule has 0 bridgehead atoms. The van der Waals surface area contributed by atoms with Crippen molar-refractivity contribution in [2.45, 2.75) is 24.3 Å². The third kappa shape index (κ3) is 5.91. The number of methoxy groups -OCH3 is 1. The van der Waals surface area contributed by atoms with Crippen LogP contribution in [0.2, 0.25) is 0 Å². The van der Waals surface area contributed by atoms with Gasteiger partial charge >= 0.3 is 0 Å². The van der Waals surface area contributed by atoms with Gasteiger partial charge in [0.05, 0.1) is 18.2 Å². The molecule has 6 heteroatoms. The summed E-state index contributed by atoms with van der Waals surface area (Å²) in [5.74, 6) is 2.32. The standard InChI is InChI=1S/C16H13NO2S.C4H11NO/c1-18-12-4-7-14-15(10-12)17-9-8-16(14)19-11-2-5-13(20)6-3-11;1-4(2,6)3-5/h2-10,20H,1H3;6H,3,5H2,1-2H3. The fourth-order valence-corrected chi connectivity index (χ4v) is 2.11. The molecule has 0 spiro atoms. The molecule has 0 saturated heterocycles. The number of hydrogen-bond donors (Lipinski definition) is 3. The number of pyridine rings is 1. The third-order valence-electron chi connectivity index (χ3n) is 3.47. The van der Waals surface area contributed by atoms with Gasteiger partial charge in [-0.2, -0.15) is 0 Å². The molecule has 138 valence electrons. The lowest BCUT2D eigenvalue weighted by atomic mass is 10.1. The lowest BCUT2D eigenvalue weighted by molar-refractivity contribution is 0.0898. The van der Waals surface area contributed by atoms with Gasteiger partial charge in [-0.3, -0.25) is 4.98 Å². The van der Waals surface area contributed by atoms with Gasteiger partial charge in [-0.1, -0.05) is 0 Å². The molecule has 3 N–H and O–H groups in total. The molecule has 0 aliphatic rings. The minimum atomic E-state index is -0.681. The quantitative estimate of drug-likeness (QED) is 0.603. The van der Waals surface area contributed by atoms with Crippen molar-refractivity contribution in [2.24, 2.45) is 5.73 Å². The molecule has 0 radical (unpaired) electrons. The number of aliphatic hydroxyl groups is 1. The van der Waals surface area contributed by atoms with Crippen molar-refractivity contribution in [1.29, 1.82) is 0 Å². The van der Waals surface area contributed by atoms with Crippen LogP contribution in [-0.2, 0) is 0 Å². The Hall–Kier alpha value is -2.28. The molecule has 0 saturated carbocycles. The van der Waals surface area contributed by atoms with E-state index in [-0.39, 0.29) is 0 Å². The lowest BCUT2D eigenvalue weighted by Gasteiger charge is -2.11. The van der Waals surface area contributed by atoms with E-state index in [1.54, 1.807) is 27.2 Å². The summed E-state index contributed by atoms with van der Waals surface area (Å²) in [6, 6.07) is 15.1. The van der Waals surface area contributed by atoms with Crippen LogP contribution in [0.4, 0.5) is 0 Å². The van der Waals surface area contributed by atoms with E-state index < -0.39 is 5.60 Å². The van der Waals surface area contributed by atoms with E-state index in [0.717, 1.165) is 33.0 Å². The molecule has 0 aliphatic heterocycles. The first kappa shape index (κ1) is 20.0. The summed E-state index contributed by atoms with van der Waals surface area (Å²) in [4.78, 5) is 5.24. The summed E-state index contributed by atoms with van der Waals surface area (Å²) >= 11 is 4.26. The number of aromatic nitrogens is 1. The zero-order valence-electron chi connectivity index (χ0n) is 15.1. The van der Waals surface area contributed by atoms with Gasteiger partial charge in [-0.25, -0.2) is 0 Å². The molecule has 1 heterocycles. The second-order valence-electron chi connectivity index (χ2n) is 6.30. The zero-order chi connectivity index (χ0) is 19.2. The van der Waals surface area contributed by atoms with Crippen LogP contribution in [0.25, 0.3) is 10.9 Å². The number of rotatable bonds is 4. The highest BCUT2D eigenvalue weighted by Crippen LogP contribution is 2.30. The van der Waals surface area contributed by atoms with E-state index in [9.17, 15) is 0 Å². The van der Waals surface area contributed by atoms with E-state index in [4.69, 9.17) is 20.3 Å². The second kappa shape index (κ2) is 8.89. The molecule has 2 aromatic carbocycles. The first-order valence-corrected chi connectivity index (χ1v) is 8.59. The van der Waals surface area contributed by atoms with Crippen molar-refractivity contribution < 1.29 is 14.6 Å². The number of ether oxygens (including phenoxy) is 2. The third-order valence-corrected chi connectivity index (χ3v) is 3.77. The number of thiol groups is 1. The highest BCUT2D eigenvalue weighted by molar-refractivity contribution is 7.80. The van der Waals surface area contributed by atoms with Gasteiger partial charge < -0.3 is 20.3 Å². The minimum absolute atomic E-state index is 0.326. The number of hydrogen-bond acceptors (Lipinski definition) is 6. The minimum Gasteiger partial charge on any atom is -0.497 e. The van der Waals surface area contributed by atoms with E-state index in [0.29, 0.717) is 6.54 Å². The fourth-order valence-electron chi connectivity index (χ4n) is 1.96. The number of benzene rings is 2. The van der Waals surface area contributed by atoms with Crippen molar-refractivity contribution in [3.05, 3.63) is 54.7 Å². The van der Waals surface area contributed by atoms with Crippen LogP contribution in [-0.4, -0.2) is 29.3 Å². The van der Waals surface area contributed by atoms with Crippen LogP contribution in [0.15, 0.2) is 59.6 Å². The van der Waals surface area contributed by atoms with Crippen LogP contribution >= 0.6 is 12.6 Å². The van der Waals surface area contributed by atoms with Crippen LogP contribution in [0, 0.1) is 0 Å². The van der Waals surface area contributed by atoms with Gasteiger partial charge in [0.2, 0.25) is 0 Å². The summed E-state index contributed by atoms with van der Waals surface area (Å²) in [5.41, 5.74) is 5.22. The Balaban J connectivity index is 0.000000352. The van der Waals surface area contributed by atoms with Gasteiger partial charge in [0.15, 0.2) is 0 Å². The van der Waals surface area contributed by atoms with Crippen molar-refractivity contribution >= 4 is 23.5 Å². The zero-order valence-corrected chi connectivity index (χ0v) is 16.0. The van der Waals surface area contributed by atoms with E-state index >= 15 is 0 Å². The summed E-state index contributed by atoms with van der Waals surface area (Å²) in [6.45, 7) is 3.67. The fraction of sp³-hybridized carbons (Fsp3) is 0.250. The predicted octanol–water partition coefficient (Wildman–Crippen LogP) is 4.04. The molecule has 0 atom stereocenters. The monoisotopic (exact) mass is 372 g/mol. The Kier molecular flexibility index (Phi) is 6.85. The smallest absolute Gasteiger partial charge is 0.138 e. The van der Waals surface area contributed by atoms with E-state index in [1.807, 2.05) is 48.5 Å². The maximum atomic E-state index is 8.70. The average molecular weight is 372 g/mol. The highest BCUT2D eigenvalue weighted by Gasteiger charge is 2.06. The summed E-state index contributed by atoms with van der Waals surface area (Å²) in [7, 11) is 1.64. The van der Waals surface area contributed by atoms with Crippen molar-refractivity contribution in [1.82, 2.24) is 4.98 Å². The van der Waals surface area contributed by atoms with Gasteiger partial charge in [-0.15, -0.1) is 12.6 Å². The van der Waals surface area contributed by atoms with Crippen LogP contribution in [0.5, 0.6) is 17.2 Å². The van der Waals surface area contributed by atoms with Crippen LogP contribution in [0.1, 0.15) is 13.8 Å². The Morgan fingerprint density at radius 3 is 2.27 bits per heavy atom. The highest BCUT2D eigenvalue weighted by atomic mass is 32.1. The van der Waals surface area contributed by atoms with Gasteiger partial charge in [0.25, 0.3) is 0 Å². The SMILES string of the molecule is CC(C)(O)CN.COc1ccc2c(Oc3ccc(S)cc3)ccnc2c1. The van der Waals surface area contributed by atoms with Gasteiger partial charge in [-0.05, 0) is 56.3 Å². The lowest BCUT2D eigenvalue weighted by Crippen LogP contribution is -2.29. The number of fused-ring (bicyclic) bond motifs is 1. The topological polar surface area (TPSA) is 77.6 Å². The average Bonchev–Trinajstić information content (AvgIpc) is 2.63. The molecule has 0 aliphatic carbocycles. The van der Waals surface area contributed by atoms with Gasteiger partial charge in [0.1, 0.15) is 17.2 Å². The maximum Gasteiger partial charge on any atom is 0.138 e. The maximum absolute atomic E-state index is 8.70. The van der Waals surface area contributed by atoms with Crippen LogP contribution in [0.3, 0.4) is 0 Å². The molecule has 0 unspecified atom stereocenters. The molecule has 3 aromatic rings. The molecule has 26 heavy (non-hydrogen) atoms. The largest absolute Gasteiger partial charge is 0.497 e. The molecule has 1 aromatic heterocycles. The Bertz CT molecular complexity index is 846. The second-order valence-corrected chi connectivity index (χ2v) is 6.82. The van der Waals surface area contributed by atoms with E-state index in [2.05, 4.69) is 17.6 Å². The van der Waals surface area contributed by atoms with Crippen molar-refractivity contribution in [2.75, 3.05) is 13.7 Å². The first-order chi connectivity index (χ1) is 12.3. The normalized spacial score (nSPS) is 10.8. The molecular weight excluding hydrogens is 348 g/mol. The Morgan fingerprint density at radius 1 is 1.08 bits per heavy atom. The predicted molar refractivity (Wildman–Crippen MR) is 107 cm³/mol. The Labute approximate surface area is 159 Å². The van der Waals surface area contributed by atoms with Crippen molar-refractivity contribution in [3.63, 3.8) is 0 Å². The Morgan fingerprint density at radius 2 is 1.69 bits per heavy atom. The molecule has 5 nitrogen and oxygen atoms in total. The van der Waals surface area contributed by atoms with Crippen molar-refractivity contribution in [3.8, 4) is 17.2 Å². The number of nitrogens with two attached hydrogens (primary N) is 1. The van der Waals surface area contributed by atoms with Gasteiger partial charge in [0, 0.05) is 29.1 Å². The first-order valence-electron chi connectivity index (χ1n) is 8.14. The summed E-state index contributed by atoms with van der Waals surface area (Å²) in [6.07, 6.45) is 1.73. The number of nitrogens with zero attached hydrogens (tertiary/aromatic N) is 1. The molecule has 3 rings (SSSR count).